The van der Waals surface area contributed by atoms with Crippen molar-refractivity contribution in [2.24, 2.45) is 23.7 Å². The smallest absolute Gasteiger partial charge is 0.303 e. The first-order valence-electron chi connectivity index (χ1n) is 7.64. The highest BCUT2D eigenvalue weighted by molar-refractivity contribution is 5.80. The molecule has 0 radical (unpaired) electrons. The van der Waals surface area contributed by atoms with Crippen molar-refractivity contribution in [3.63, 3.8) is 0 Å². The van der Waals surface area contributed by atoms with Gasteiger partial charge >= 0.3 is 5.97 Å². The van der Waals surface area contributed by atoms with Gasteiger partial charge in [0, 0.05) is 25.4 Å². The number of likely N-dealkylation sites (tertiary alicyclic amines) is 1. The van der Waals surface area contributed by atoms with Crippen molar-refractivity contribution in [2.45, 2.75) is 44.9 Å². The van der Waals surface area contributed by atoms with Crippen molar-refractivity contribution in [2.75, 3.05) is 13.1 Å². The number of rotatable bonds is 4. The molecule has 3 aliphatic rings. The average Bonchev–Trinajstić information content (AvgIpc) is 3.11. The normalized spacial score (nSPS) is 36.9. The monoisotopic (exact) mass is 265 g/mol. The first-order valence-corrected chi connectivity index (χ1v) is 7.64. The molecule has 1 saturated heterocycles. The summed E-state index contributed by atoms with van der Waals surface area (Å²) in [5.41, 5.74) is 0. The SMILES string of the molecule is O=C(O)CCC1CCN(C(=O)C2CC3CCC2C3)C1. The van der Waals surface area contributed by atoms with Crippen LogP contribution >= 0.6 is 0 Å². The summed E-state index contributed by atoms with van der Waals surface area (Å²) in [7, 11) is 0. The molecule has 3 rings (SSSR count). The largest absolute Gasteiger partial charge is 0.481 e. The van der Waals surface area contributed by atoms with Crippen LogP contribution < -0.4 is 0 Å². The van der Waals surface area contributed by atoms with Crippen LogP contribution in [0.3, 0.4) is 0 Å². The van der Waals surface area contributed by atoms with Gasteiger partial charge in [-0.15, -0.1) is 0 Å². The van der Waals surface area contributed by atoms with Crippen LogP contribution in [0.15, 0.2) is 0 Å². The van der Waals surface area contributed by atoms with Crippen molar-refractivity contribution < 1.29 is 14.7 Å². The molecule has 106 valence electrons. The predicted octanol–water partition coefficient (Wildman–Crippen LogP) is 2.14. The van der Waals surface area contributed by atoms with E-state index in [-0.39, 0.29) is 12.3 Å². The lowest BCUT2D eigenvalue weighted by atomic mass is 9.88. The summed E-state index contributed by atoms with van der Waals surface area (Å²) in [6, 6.07) is 0. The van der Waals surface area contributed by atoms with Crippen molar-refractivity contribution in [1.82, 2.24) is 4.90 Å². The van der Waals surface area contributed by atoms with Gasteiger partial charge in [0.15, 0.2) is 0 Å². The number of aliphatic carboxylic acids is 1. The highest BCUT2D eigenvalue weighted by Crippen LogP contribution is 2.49. The van der Waals surface area contributed by atoms with Crippen LogP contribution in [0.5, 0.6) is 0 Å². The van der Waals surface area contributed by atoms with Crippen LogP contribution in [-0.2, 0) is 9.59 Å². The third-order valence-corrected chi connectivity index (χ3v) is 5.42. The van der Waals surface area contributed by atoms with Crippen molar-refractivity contribution in [1.29, 1.82) is 0 Å². The second kappa shape index (κ2) is 5.14. The minimum Gasteiger partial charge on any atom is -0.481 e. The molecule has 4 heteroatoms. The molecular formula is C15H23NO3. The van der Waals surface area contributed by atoms with Crippen LogP contribution in [0.4, 0.5) is 0 Å². The molecule has 4 atom stereocenters. The maximum Gasteiger partial charge on any atom is 0.303 e. The Hall–Kier alpha value is -1.06. The fourth-order valence-corrected chi connectivity index (χ4v) is 4.38. The van der Waals surface area contributed by atoms with E-state index in [1.807, 2.05) is 4.90 Å². The molecule has 0 aromatic carbocycles. The Balaban J connectivity index is 1.50. The number of amides is 1. The molecule has 4 nitrogen and oxygen atoms in total. The second-order valence-electron chi connectivity index (χ2n) is 6.65. The third-order valence-electron chi connectivity index (χ3n) is 5.42. The maximum absolute atomic E-state index is 12.5. The summed E-state index contributed by atoms with van der Waals surface area (Å²) in [4.78, 5) is 25.1. The Morgan fingerprint density at radius 1 is 1.16 bits per heavy atom. The molecule has 2 saturated carbocycles. The molecular weight excluding hydrogens is 242 g/mol. The van der Waals surface area contributed by atoms with Gasteiger partial charge in [-0.1, -0.05) is 6.42 Å². The highest BCUT2D eigenvalue weighted by Gasteiger charge is 2.45. The Labute approximate surface area is 114 Å². The van der Waals surface area contributed by atoms with E-state index >= 15 is 0 Å². The number of hydrogen-bond donors (Lipinski definition) is 1. The van der Waals surface area contributed by atoms with Crippen LogP contribution in [0.2, 0.25) is 0 Å². The van der Waals surface area contributed by atoms with Crippen molar-refractivity contribution >= 4 is 11.9 Å². The number of carboxylic acid groups (broad SMARTS) is 1. The number of carbonyl (C=O) groups is 2. The van der Waals surface area contributed by atoms with Gasteiger partial charge in [0.1, 0.15) is 0 Å². The zero-order chi connectivity index (χ0) is 13.4. The van der Waals surface area contributed by atoms with Crippen LogP contribution in [0.25, 0.3) is 0 Å². The molecule has 0 spiro atoms. The topological polar surface area (TPSA) is 57.6 Å². The van der Waals surface area contributed by atoms with E-state index in [0.717, 1.165) is 38.3 Å². The first kappa shape index (κ1) is 12.9. The Morgan fingerprint density at radius 2 is 2.00 bits per heavy atom. The van der Waals surface area contributed by atoms with E-state index in [9.17, 15) is 9.59 Å². The van der Waals surface area contributed by atoms with Crippen LogP contribution in [0.1, 0.15) is 44.9 Å². The third kappa shape index (κ3) is 2.63. The van der Waals surface area contributed by atoms with Gasteiger partial charge in [0.05, 0.1) is 0 Å². The number of carboxylic acids is 1. The lowest BCUT2D eigenvalue weighted by molar-refractivity contribution is -0.137. The molecule has 4 unspecified atom stereocenters. The molecule has 2 bridgehead atoms. The zero-order valence-electron chi connectivity index (χ0n) is 11.4. The van der Waals surface area contributed by atoms with E-state index in [2.05, 4.69) is 0 Å². The summed E-state index contributed by atoms with van der Waals surface area (Å²) in [5.74, 6) is 1.79. The minimum atomic E-state index is -0.724. The van der Waals surface area contributed by atoms with E-state index < -0.39 is 5.97 Å². The standard InChI is InChI=1S/C15H23NO3/c17-14(18)4-2-10-5-6-16(9-10)15(19)13-8-11-1-3-12(13)7-11/h10-13H,1-9H2,(H,17,18). The Kier molecular flexibility index (Phi) is 3.50. The molecule has 1 aliphatic heterocycles. The first-order chi connectivity index (χ1) is 9.13. The van der Waals surface area contributed by atoms with E-state index in [1.54, 1.807) is 0 Å². The summed E-state index contributed by atoms with van der Waals surface area (Å²) in [6.45, 7) is 1.64. The summed E-state index contributed by atoms with van der Waals surface area (Å²) in [5, 5.41) is 8.71. The number of fused-ring (bicyclic) bond motifs is 2. The fraction of sp³-hybridized carbons (Fsp3) is 0.867. The molecule has 1 N–H and O–H groups in total. The summed E-state index contributed by atoms with van der Waals surface area (Å²) in [6.07, 6.45) is 6.90. The van der Waals surface area contributed by atoms with Gasteiger partial charge in [-0.05, 0) is 49.9 Å². The number of hydrogen-bond acceptors (Lipinski definition) is 2. The lowest BCUT2D eigenvalue weighted by Crippen LogP contribution is -2.36. The number of nitrogens with zero attached hydrogens (tertiary/aromatic N) is 1. The van der Waals surface area contributed by atoms with E-state index in [1.165, 1.54) is 19.3 Å². The van der Waals surface area contributed by atoms with Gasteiger partial charge in [-0.3, -0.25) is 9.59 Å². The molecule has 3 fully saturated rings. The quantitative estimate of drug-likeness (QED) is 0.847. The molecule has 1 heterocycles. The number of carbonyl (C=O) groups excluding carboxylic acids is 1. The van der Waals surface area contributed by atoms with Crippen molar-refractivity contribution in [3.8, 4) is 0 Å². The fourth-order valence-electron chi connectivity index (χ4n) is 4.38. The average molecular weight is 265 g/mol. The Morgan fingerprint density at radius 3 is 2.63 bits per heavy atom. The van der Waals surface area contributed by atoms with Gasteiger partial charge < -0.3 is 10.0 Å². The van der Waals surface area contributed by atoms with Crippen LogP contribution in [-0.4, -0.2) is 35.0 Å². The van der Waals surface area contributed by atoms with E-state index in [0.29, 0.717) is 17.7 Å². The molecule has 0 aromatic heterocycles. The van der Waals surface area contributed by atoms with Gasteiger partial charge in [-0.2, -0.15) is 0 Å². The lowest BCUT2D eigenvalue weighted by Gasteiger charge is -2.26. The van der Waals surface area contributed by atoms with Gasteiger partial charge in [-0.25, -0.2) is 0 Å². The van der Waals surface area contributed by atoms with Crippen molar-refractivity contribution in [3.05, 3.63) is 0 Å². The highest BCUT2D eigenvalue weighted by atomic mass is 16.4. The van der Waals surface area contributed by atoms with E-state index in [4.69, 9.17) is 5.11 Å². The Bertz CT molecular complexity index is 382. The second-order valence-corrected chi connectivity index (χ2v) is 6.65. The van der Waals surface area contributed by atoms with Gasteiger partial charge in [0.2, 0.25) is 5.91 Å². The molecule has 19 heavy (non-hydrogen) atoms. The molecule has 0 aromatic rings. The summed E-state index contributed by atoms with van der Waals surface area (Å²) < 4.78 is 0. The zero-order valence-corrected chi connectivity index (χ0v) is 11.4. The molecule has 1 amide bonds. The van der Waals surface area contributed by atoms with Crippen LogP contribution in [0, 0.1) is 23.7 Å². The summed E-state index contributed by atoms with van der Waals surface area (Å²) >= 11 is 0. The van der Waals surface area contributed by atoms with Gasteiger partial charge in [0.25, 0.3) is 0 Å². The molecule has 2 aliphatic carbocycles. The predicted molar refractivity (Wildman–Crippen MR) is 70.5 cm³/mol. The maximum atomic E-state index is 12.5. The minimum absolute atomic E-state index is 0.237.